The van der Waals surface area contributed by atoms with E-state index in [1.807, 2.05) is 0 Å². The van der Waals surface area contributed by atoms with E-state index in [9.17, 15) is 9.59 Å². The first kappa shape index (κ1) is 7.77. The molecule has 12 heavy (non-hydrogen) atoms. The maximum Gasteiger partial charge on any atom is 0.233 e. The molecule has 1 aliphatic carbocycles. The van der Waals surface area contributed by atoms with Gasteiger partial charge in [0.15, 0.2) is 0 Å². The Balaban J connectivity index is 2.06. The summed E-state index contributed by atoms with van der Waals surface area (Å²) < 4.78 is 0. The van der Waals surface area contributed by atoms with Gasteiger partial charge >= 0.3 is 0 Å². The molecule has 3 nitrogen and oxygen atoms in total. The molecule has 0 bridgehead atoms. The minimum atomic E-state index is -0.280. The topological polar surface area (TPSA) is 46.2 Å². The van der Waals surface area contributed by atoms with E-state index in [1.165, 1.54) is 0 Å². The van der Waals surface area contributed by atoms with Crippen molar-refractivity contribution in [1.82, 2.24) is 5.32 Å². The number of hydrogen-bond donors (Lipinski definition) is 1. The van der Waals surface area contributed by atoms with Crippen LogP contribution in [0.15, 0.2) is 0 Å². The van der Waals surface area contributed by atoms with E-state index >= 15 is 0 Å². The molecule has 1 saturated heterocycles. The van der Waals surface area contributed by atoms with Crippen LogP contribution in [0, 0.1) is 11.3 Å². The lowest BCUT2D eigenvalue weighted by Crippen LogP contribution is -2.42. The monoisotopic (exact) mass is 167 g/mol. The van der Waals surface area contributed by atoms with Crippen molar-refractivity contribution < 1.29 is 9.59 Å². The molecular weight excluding hydrogens is 154 g/mol. The fourth-order valence-corrected chi connectivity index (χ4v) is 2.35. The van der Waals surface area contributed by atoms with Crippen molar-refractivity contribution in [1.29, 1.82) is 0 Å². The third kappa shape index (κ3) is 0.886. The highest BCUT2D eigenvalue weighted by atomic mass is 16.2. The molecule has 1 saturated carbocycles. The SMILES string of the molecule is CCC1CC2(CC(=O)NC2=O)C1. The normalized spacial score (nSPS) is 39.9. The van der Waals surface area contributed by atoms with Gasteiger partial charge in [0.1, 0.15) is 0 Å². The summed E-state index contributed by atoms with van der Waals surface area (Å²) in [6.45, 7) is 2.13. The van der Waals surface area contributed by atoms with E-state index in [0.717, 1.165) is 19.3 Å². The molecule has 0 atom stereocenters. The van der Waals surface area contributed by atoms with Gasteiger partial charge in [0.2, 0.25) is 11.8 Å². The van der Waals surface area contributed by atoms with E-state index < -0.39 is 0 Å². The predicted molar refractivity (Wildman–Crippen MR) is 43.2 cm³/mol. The van der Waals surface area contributed by atoms with Crippen molar-refractivity contribution >= 4 is 11.8 Å². The summed E-state index contributed by atoms with van der Waals surface area (Å²) >= 11 is 0. The van der Waals surface area contributed by atoms with Gasteiger partial charge in [-0.3, -0.25) is 14.9 Å². The van der Waals surface area contributed by atoms with Crippen molar-refractivity contribution in [2.75, 3.05) is 0 Å². The minimum absolute atomic E-state index is 0.0304. The van der Waals surface area contributed by atoms with Gasteiger partial charge < -0.3 is 0 Å². The Hall–Kier alpha value is -0.860. The van der Waals surface area contributed by atoms with Crippen LogP contribution in [0.1, 0.15) is 32.6 Å². The first-order valence-electron chi connectivity index (χ1n) is 4.50. The summed E-state index contributed by atoms with van der Waals surface area (Å²) in [6.07, 6.45) is 3.40. The van der Waals surface area contributed by atoms with E-state index in [4.69, 9.17) is 0 Å². The fraction of sp³-hybridized carbons (Fsp3) is 0.778. The maximum atomic E-state index is 11.3. The third-order valence-electron chi connectivity index (χ3n) is 3.17. The molecule has 0 aromatic carbocycles. The Morgan fingerprint density at radius 3 is 2.58 bits per heavy atom. The molecule has 2 rings (SSSR count). The molecule has 0 aromatic heterocycles. The lowest BCUT2D eigenvalue weighted by atomic mass is 9.60. The summed E-state index contributed by atoms with van der Waals surface area (Å²) in [5.41, 5.74) is -0.280. The number of hydrogen-bond acceptors (Lipinski definition) is 2. The molecule has 2 aliphatic rings. The van der Waals surface area contributed by atoms with Gasteiger partial charge in [0, 0.05) is 6.42 Å². The Kier molecular flexibility index (Phi) is 1.50. The molecule has 3 heteroatoms. The zero-order chi connectivity index (χ0) is 8.77. The average Bonchev–Trinajstić information content (AvgIpc) is 2.22. The minimum Gasteiger partial charge on any atom is -0.296 e. The highest BCUT2D eigenvalue weighted by molar-refractivity contribution is 6.06. The maximum absolute atomic E-state index is 11.3. The van der Waals surface area contributed by atoms with Gasteiger partial charge in [-0.2, -0.15) is 0 Å². The van der Waals surface area contributed by atoms with Crippen LogP contribution in [0.3, 0.4) is 0 Å². The van der Waals surface area contributed by atoms with Gasteiger partial charge in [0.05, 0.1) is 5.41 Å². The molecule has 1 heterocycles. The van der Waals surface area contributed by atoms with E-state index in [0.29, 0.717) is 12.3 Å². The van der Waals surface area contributed by atoms with Crippen LogP contribution >= 0.6 is 0 Å². The molecule has 1 spiro atoms. The van der Waals surface area contributed by atoms with Crippen LogP contribution in [-0.2, 0) is 9.59 Å². The van der Waals surface area contributed by atoms with Gasteiger partial charge in [-0.15, -0.1) is 0 Å². The Morgan fingerprint density at radius 2 is 2.17 bits per heavy atom. The standard InChI is InChI=1S/C9H13NO2/c1-2-6-3-9(4-6)5-7(11)10-8(9)12/h6H,2-5H2,1H3,(H,10,11,12). The van der Waals surface area contributed by atoms with E-state index in [1.54, 1.807) is 0 Å². The second-order valence-electron chi connectivity index (χ2n) is 4.02. The average molecular weight is 167 g/mol. The lowest BCUT2D eigenvalue weighted by molar-refractivity contribution is -0.134. The van der Waals surface area contributed by atoms with E-state index in [2.05, 4.69) is 12.2 Å². The highest BCUT2D eigenvalue weighted by Crippen LogP contribution is 2.51. The third-order valence-corrected chi connectivity index (χ3v) is 3.17. The van der Waals surface area contributed by atoms with Crippen LogP contribution in [0.4, 0.5) is 0 Å². The smallest absolute Gasteiger partial charge is 0.233 e. The summed E-state index contributed by atoms with van der Waals surface area (Å²) in [4.78, 5) is 22.2. The molecule has 1 N–H and O–H groups in total. The van der Waals surface area contributed by atoms with Crippen LogP contribution in [-0.4, -0.2) is 11.8 Å². The largest absolute Gasteiger partial charge is 0.296 e. The molecule has 0 aromatic rings. The van der Waals surface area contributed by atoms with Gasteiger partial charge in [-0.1, -0.05) is 13.3 Å². The van der Waals surface area contributed by atoms with Gasteiger partial charge in [-0.25, -0.2) is 0 Å². The lowest BCUT2D eigenvalue weighted by Gasteiger charge is -2.41. The zero-order valence-corrected chi connectivity index (χ0v) is 7.22. The van der Waals surface area contributed by atoms with Crippen LogP contribution in [0.25, 0.3) is 0 Å². The van der Waals surface area contributed by atoms with Crippen molar-refractivity contribution in [2.24, 2.45) is 11.3 Å². The molecule has 66 valence electrons. The van der Waals surface area contributed by atoms with Crippen LogP contribution in [0.2, 0.25) is 0 Å². The molecule has 1 aliphatic heterocycles. The molecular formula is C9H13NO2. The Morgan fingerprint density at radius 1 is 1.50 bits per heavy atom. The molecule has 2 amide bonds. The Bertz CT molecular complexity index is 241. The summed E-state index contributed by atoms with van der Waals surface area (Å²) in [7, 11) is 0. The number of nitrogens with one attached hydrogen (secondary N) is 1. The number of carbonyl (C=O) groups excluding carboxylic acids is 2. The number of rotatable bonds is 1. The first-order valence-corrected chi connectivity index (χ1v) is 4.50. The second kappa shape index (κ2) is 2.31. The number of imide groups is 1. The van der Waals surface area contributed by atoms with Crippen LogP contribution in [0.5, 0.6) is 0 Å². The highest BCUT2D eigenvalue weighted by Gasteiger charge is 2.54. The fourth-order valence-electron chi connectivity index (χ4n) is 2.35. The predicted octanol–water partition coefficient (Wildman–Crippen LogP) is 0.839. The number of amides is 2. The quantitative estimate of drug-likeness (QED) is 0.588. The van der Waals surface area contributed by atoms with Crippen LogP contribution < -0.4 is 5.32 Å². The Labute approximate surface area is 71.5 Å². The van der Waals surface area contributed by atoms with Crippen molar-refractivity contribution in [3.8, 4) is 0 Å². The van der Waals surface area contributed by atoms with Gasteiger partial charge in [0.25, 0.3) is 0 Å². The summed E-state index contributed by atoms with van der Waals surface area (Å²) in [6, 6.07) is 0. The molecule has 2 fully saturated rings. The second-order valence-corrected chi connectivity index (χ2v) is 4.02. The molecule has 0 radical (unpaired) electrons. The summed E-state index contributed by atoms with van der Waals surface area (Å²) in [5.74, 6) is 0.549. The van der Waals surface area contributed by atoms with Crippen molar-refractivity contribution in [3.05, 3.63) is 0 Å². The van der Waals surface area contributed by atoms with Crippen molar-refractivity contribution in [2.45, 2.75) is 32.6 Å². The summed E-state index contributed by atoms with van der Waals surface area (Å²) in [5, 5.41) is 2.38. The number of carbonyl (C=O) groups is 2. The van der Waals surface area contributed by atoms with E-state index in [-0.39, 0.29) is 17.2 Å². The first-order chi connectivity index (χ1) is 5.66. The zero-order valence-electron chi connectivity index (χ0n) is 7.22. The van der Waals surface area contributed by atoms with Crippen molar-refractivity contribution in [3.63, 3.8) is 0 Å². The van der Waals surface area contributed by atoms with Gasteiger partial charge in [-0.05, 0) is 18.8 Å². The molecule has 0 unspecified atom stereocenters.